The average molecular weight is 148 g/mol. The van der Waals surface area contributed by atoms with Crippen molar-refractivity contribution < 1.29 is 0 Å². The highest BCUT2D eigenvalue weighted by Gasteiger charge is 1.91. The molecule has 0 aromatic heterocycles. The Hall–Kier alpha value is -1.14. The second-order valence-corrected chi connectivity index (χ2v) is 2.47. The molecule has 2 heteroatoms. The van der Waals surface area contributed by atoms with Gasteiger partial charge in [-0.05, 0) is 24.3 Å². The van der Waals surface area contributed by atoms with Crippen molar-refractivity contribution in [2.45, 2.75) is 26.2 Å². The zero-order valence-electron chi connectivity index (χ0n) is 6.75. The van der Waals surface area contributed by atoms with Crippen LogP contribution in [0.2, 0.25) is 0 Å². The summed E-state index contributed by atoms with van der Waals surface area (Å²) in [7, 11) is 0. The van der Waals surface area contributed by atoms with E-state index in [2.05, 4.69) is 22.8 Å². The minimum absolute atomic E-state index is 1.08. The molecule has 2 nitrogen and oxygen atoms in total. The van der Waals surface area contributed by atoms with Gasteiger partial charge in [-0.1, -0.05) is 13.3 Å². The molecule has 0 atom stereocenters. The molecule has 11 heavy (non-hydrogen) atoms. The molecule has 0 amide bonds. The van der Waals surface area contributed by atoms with Gasteiger partial charge in [0.25, 0.3) is 0 Å². The van der Waals surface area contributed by atoms with Crippen molar-refractivity contribution in [2.75, 3.05) is 0 Å². The maximum absolute atomic E-state index is 3.96. The van der Waals surface area contributed by atoms with Gasteiger partial charge in [-0.15, -0.1) is 0 Å². The van der Waals surface area contributed by atoms with Crippen LogP contribution >= 0.6 is 0 Å². The molecule has 0 aromatic rings. The number of rotatable bonds is 3. The predicted molar refractivity (Wildman–Crippen MR) is 48.1 cm³/mol. The number of allylic oxidation sites excluding steroid dienone is 2. The molecule has 0 radical (unpaired) electrons. The van der Waals surface area contributed by atoms with Crippen LogP contribution in [0.1, 0.15) is 26.2 Å². The number of unbranched alkanes of at least 4 members (excludes halogenated alkanes) is 1. The topological polar surface area (TPSA) is 24.7 Å². The molecule has 0 unspecified atom stereocenters. The third-order valence-corrected chi connectivity index (χ3v) is 1.51. The van der Waals surface area contributed by atoms with Crippen LogP contribution in [0.25, 0.3) is 0 Å². The van der Waals surface area contributed by atoms with Gasteiger partial charge in [-0.2, -0.15) is 4.99 Å². The van der Waals surface area contributed by atoms with Crippen LogP contribution in [0.3, 0.4) is 0 Å². The van der Waals surface area contributed by atoms with Crippen LogP contribution in [-0.4, -0.2) is 12.2 Å². The Labute approximate surface area is 67.1 Å². The van der Waals surface area contributed by atoms with E-state index in [0.29, 0.717) is 0 Å². The Kier molecular flexibility index (Phi) is 3.36. The monoisotopic (exact) mass is 148 g/mol. The number of nitrogens with zero attached hydrogens (tertiary/aromatic N) is 2. The van der Waals surface area contributed by atoms with E-state index >= 15 is 0 Å². The lowest BCUT2D eigenvalue weighted by Gasteiger charge is -1.94. The van der Waals surface area contributed by atoms with Crippen molar-refractivity contribution in [1.29, 1.82) is 0 Å². The van der Waals surface area contributed by atoms with Gasteiger partial charge in [-0.25, -0.2) is 4.99 Å². The summed E-state index contributed by atoms with van der Waals surface area (Å²) in [6.45, 7) is 2.18. The Morgan fingerprint density at radius 1 is 1.55 bits per heavy atom. The summed E-state index contributed by atoms with van der Waals surface area (Å²) in [5, 5.41) is 0. The van der Waals surface area contributed by atoms with E-state index in [1.165, 1.54) is 24.8 Å². The fraction of sp³-hybridized carbons (Fsp3) is 0.444. The summed E-state index contributed by atoms with van der Waals surface area (Å²) in [6, 6.07) is 0. The second-order valence-electron chi connectivity index (χ2n) is 2.47. The first kappa shape index (κ1) is 7.96. The lowest BCUT2D eigenvalue weighted by Crippen LogP contribution is -1.77. The highest BCUT2D eigenvalue weighted by Crippen LogP contribution is 2.08. The molecule has 1 aliphatic heterocycles. The summed E-state index contributed by atoms with van der Waals surface area (Å²) in [4.78, 5) is 7.74. The smallest absolute Gasteiger partial charge is 0.125 e. The van der Waals surface area contributed by atoms with Crippen molar-refractivity contribution in [3.8, 4) is 0 Å². The molecule has 0 saturated heterocycles. The first-order valence-electron chi connectivity index (χ1n) is 3.92. The van der Waals surface area contributed by atoms with E-state index in [0.717, 1.165) is 6.42 Å². The van der Waals surface area contributed by atoms with Gasteiger partial charge in [0.15, 0.2) is 0 Å². The summed E-state index contributed by atoms with van der Waals surface area (Å²) >= 11 is 0. The van der Waals surface area contributed by atoms with Crippen LogP contribution in [-0.2, 0) is 0 Å². The van der Waals surface area contributed by atoms with Crippen molar-refractivity contribution in [3.05, 3.63) is 17.8 Å². The fourth-order valence-electron chi connectivity index (χ4n) is 0.871. The van der Waals surface area contributed by atoms with Gasteiger partial charge in [0, 0.05) is 12.3 Å². The minimum Gasteiger partial charge on any atom is -0.244 e. The van der Waals surface area contributed by atoms with Crippen molar-refractivity contribution in [2.24, 2.45) is 9.98 Å². The lowest BCUT2D eigenvalue weighted by atomic mass is 10.1. The molecule has 0 bridgehead atoms. The summed E-state index contributed by atoms with van der Waals surface area (Å²) in [6.07, 6.45) is 8.75. The molecule has 0 N–H and O–H groups in total. The molecular formula is C9H12N2. The molecule has 0 aliphatic carbocycles. The first-order valence-corrected chi connectivity index (χ1v) is 3.92. The molecule has 0 saturated carbocycles. The van der Waals surface area contributed by atoms with E-state index in [4.69, 9.17) is 0 Å². The highest BCUT2D eigenvalue weighted by atomic mass is 14.8. The summed E-state index contributed by atoms with van der Waals surface area (Å²) < 4.78 is 0. The zero-order chi connectivity index (χ0) is 7.94. The Balaban J connectivity index is 2.50. The first-order chi connectivity index (χ1) is 5.43. The van der Waals surface area contributed by atoms with Crippen molar-refractivity contribution >= 4 is 12.2 Å². The van der Waals surface area contributed by atoms with E-state index < -0.39 is 0 Å². The van der Waals surface area contributed by atoms with Crippen LogP contribution < -0.4 is 0 Å². The van der Waals surface area contributed by atoms with Crippen LogP contribution in [0.5, 0.6) is 0 Å². The normalized spacial score (nSPS) is 14.8. The van der Waals surface area contributed by atoms with E-state index in [1.807, 2.05) is 12.3 Å². The minimum atomic E-state index is 1.08. The van der Waals surface area contributed by atoms with Crippen LogP contribution in [0.4, 0.5) is 0 Å². The quantitative estimate of drug-likeness (QED) is 0.587. The predicted octanol–water partition coefficient (Wildman–Crippen LogP) is 2.33. The van der Waals surface area contributed by atoms with Crippen molar-refractivity contribution in [1.82, 2.24) is 0 Å². The summed E-state index contributed by atoms with van der Waals surface area (Å²) in [5.41, 5.74) is 1.21. The third-order valence-electron chi connectivity index (χ3n) is 1.51. The SMILES string of the molecule is CCCCC1=CN=CN=C=C1. The maximum atomic E-state index is 3.96. The van der Waals surface area contributed by atoms with Crippen molar-refractivity contribution in [3.63, 3.8) is 0 Å². The third kappa shape index (κ3) is 2.96. The molecule has 58 valence electrons. The van der Waals surface area contributed by atoms with Gasteiger partial charge in [0.2, 0.25) is 0 Å². The van der Waals surface area contributed by atoms with Gasteiger partial charge in [-0.3, -0.25) is 0 Å². The van der Waals surface area contributed by atoms with Gasteiger partial charge < -0.3 is 0 Å². The molecule has 1 heterocycles. The molecule has 1 aliphatic rings. The van der Waals surface area contributed by atoms with Crippen LogP contribution in [0, 0.1) is 0 Å². The molecule has 0 spiro atoms. The lowest BCUT2D eigenvalue weighted by molar-refractivity contribution is 0.797. The average Bonchev–Trinajstić information content (AvgIpc) is 2.28. The van der Waals surface area contributed by atoms with Crippen LogP contribution in [0.15, 0.2) is 27.8 Å². The maximum Gasteiger partial charge on any atom is 0.125 e. The summed E-state index contributed by atoms with van der Waals surface area (Å²) in [5.74, 6) is 2.79. The number of hydrogen-bond donors (Lipinski definition) is 0. The molecule has 0 aromatic carbocycles. The largest absolute Gasteiger partial charge is 0.244 e. The van der Waals surface area contributed by atoms with Gasteiger partial charge in [0.05, 0.1) is 0 Å². The standard InChI is InChI=1S/C9H12N2/c1-2-3-4-9-5-6-10-8-11-7-9/h5,7-8H,2-4H2,1H3. The fourth-order valence-corrected chi connectivity index (χ4v) is 0.871. The molecular weight excluding hydrogens is 136 g/mol. The van der Waals surface area contributed by atoms with Gasteiger partial charge in [0.1, 0.15) is 6.34 Å². The van der Waals surface area contributed by atoms with Gasteiger partial charge >= 0.3 is 0 Å². The second kappa shape index (κ2) is 4.64. The molecule has 1 rings (SSSR count). The highest BCUT2D eigenvalue weighted by molar-refractivity contribution is 5.72. The Bertz CT molecular complexity index is 230. The molecule has 0 fully saturated rings. The number of aliphatic imine (C=N–C) groups is 2. The zero-order valence-corrected chi connectivity index (χ0v) is 6.75. The number of hydrogen-bond acceptors (Lipinski definition) is 2. The van der Waals surface area contributed by atoms with E-state index in [1.54, 1.807) is 0 Å². The van der Waals surface area contributed by atoms with E-state index in [-0.39, 0.29) is 0 Å². The van der Waals surface area contributed by atoms with E-state index in [9.17, 15) is 0 Å². The Morgan fingerprint density at radius 2 is 2.45 bits per heavy atom. The Morgan fingerprint density at radius 3 is 3.27 bits per heavy atom.